The molecule has 0 saturated heterocycles. The summed E-state index contributed by atoms with van der Waals surface area (Å²) in [5.41, 5.74) is 7.01. The van der Waals surface area contributed by atoms with Gasteiger partial charge in [0.2, 0.25) is 11.8 Å². The molecule has 0 aliphatic carbocycles. The molecule has 0 fully saturated rings. The summed E-state index contributed by atoms with van der Waals surface area (Å²) in [4.78, 5) is 23.6. The molecule has 1 rings (SSSR count). The van der Waals surface area contributed by atoms with Crippen LogP contribution in [-0.2, 0) is 9.59 Å². The van der Waals surface area contributed by atoms with Crippen molar-refractivity contribution in [2.45, 2.75) is 26.8 Å². The number of methoxy groups -OCH3 is 1. The molecule has 6 nitrogen and oxygen atoms in total. The lowest BCUT2D eigenvalue weighted by Crippen LogP contribution is -2.46. The first-order valence-electron chi connectivity index (χ1n) is 6.93. The third-order valence-electron chi connectivity index (χ3n) is 3.20. The summed E-state index contributed by atoms with van der Waals surface area (Å²) < 4.78 is 5.17. The van der Waals surface area contributed by atoms with Gasteiger partial charge in [-0.25, -0.2) is 0 Å². The Morgan fingerprint density at radius 1 is 1.35 bits per heavy atom. The Morgan fingerprint density at radius 2 is 1.96 bits per heavy atom. The van der Waals surface area contributed by atoms with Crippen LogP contribution in [0.5, 0.6) is 5.75 Å². The van der Waals surface area contributed by atoms with E-state index in [1.165, 1.54) is 7.11 Å². The number of amides is 2. The summed E-state index contributed by atoms with van der Waals surface area (Å²) in [5.74, 6) is -0.273. The van der Waals surface area contributed by atoms with Crippen LogP contribution in [0.3, 0.4) is 0 Å². The average Bonchev–Trinajstić information content (AvgIpc) is 2.47. The van der Waals surface area contributed by atoms with Crippen LogP contribution in [0.4, 0.5) is 5.69 Å². The van der Waals surface area contributed by atoms with Crippen molar-refractivity contribution in [3.8, 4) is 5.75 Å². The van der Waals surface area contributed by atoms with Crippen LogP contribution >= 0.6 is 24.0 Å². The Kier molecular flexibility index (Phi) is 8.97. The van der Waals surface area contributed by atoms with Gasteiger partial charge < -0.3 is 21.1 Å². The van der Waals surface area contributed by atoms with E-state index < -0.39 is 6.04 Å². The molecule has 130 valence electrons. The Labute approximate surface area is 147 Å². The van der Waals surface area contributed by atoms with E-state index in [-0.39, 0.29) is 36.7 Å². The molecular formula is C15H23Cl2N3O3. The summed E-state index contributed by atoms with van der Waals surface area (Å²) in [7, 11) is 1.49. The molecule has 4 N–H and O–H groups in total. The fraction of sp³-hybridized carbons (Fsp3) is 0.467. The number of hydrogen-bond donors (Lipinski definition) is 3. The second kappa shape index (κ2) is 9.60. The van der Waals surface area contributed by atoms with Gasteiger partial charge in [-0.1, -0.05) is 25.4 Å². The number of aryl methyl sites for hydroxylation is 1. The number of ether oxygens (including phenoxy) is 1. The largest absolute Gasteiger partial charge is 0.495 e. The maximum absolute atomic E-state index is 11.9. The lowest BCUT2D eigenvalue weighted by atomic mass is 10.1. The molecule has 0 unspecified atom stereocenters. The fourth-order valence-corrected chi connectivity index (χ4v) is 1.87. The Morgan fingerprint density at radius 3 is 2.48 bits per heavy atom. The molecule has 0 aromatic heterocycles. The van der Waals surface area contributed by atoms with E-state index in [9.17, 15) is 9.59 Å². The molecule has 1 atom stereocenters. The van der Waals surface area contributed by atoms with Gasteiger partial charge in [-0.05, 0) is 24.5 Å². The highest BCUT2D eigenvalue weighted by Gasteiger charge is 2.18. The van der Waals surface area contributed by atoms with Crippen molar-refractivity contribution in [3.63, 3.8) is 0 Å². The van der Waals surface area contributed by atoms with Gasteiger partial charge in [-0.3, -0.25) is 9.59 Å². The van der Waals surface area contributed by atoms with Gasteiger partial charge in [0.15, 0.2) is 0 Å². The lowest BCUT2D eigenvalue weighted by molar-refractivity contribution is -0.125. The van der Waals surface area contributed by atoms with E-state index >= 15 is 0 Å². The lowest BCUT2D eigenvalue weighted by Gasteiger charge is -2.16. The molecule has 0 radical (unpaired) electrons. The molecule has 0 aliphatic heterocycles. The normalized spacial score (nSPS) is 11.4. The first-order valence-corrected chi connectivity index (χ1v) is 7.31. The maximum Gasteiger partial charge on any atom is 0.243 e. The van der Waals surface area contributed by atoms with Crippen LogP contribution in [0, 0.1) is 12.8 Å². The minimum atomic E-state index is -0.639. The van der Waals surface area contributed by atoms with Crippen molar-refractivity contribution in [2.24, 2.45) is 11.7 Å². The van der Waals surface area contributed by atoms with Crippen LogP contribution in [-0.4, -0.2) is 31.5 Å². The molecule has 1 aromatic rings. The van der Waals surface area contributed by atoms with E-state index in [1.54, 1.807) is 12.1 Å². The van der Waals surface area contributed by atoms with Crippen molar-refractivity contribution >= 4 is 41.5 Å². The molecule has 0 bridgehead atoms. The summed E-state index contributed by atoms with van der Waals surface area (Å²) in [6, 6.07) is 2.70. The number of halogens is 2. The van der Waals surface area contributed by atoms with Gasteiger partial charge in [-0.15, -0.1) is 12.4 Å². The van der Waals surface area contributed by atoms with E-state index in [1.807, 2.05) is 20.8 Å². The number of carbonyl (C=O) groups is 2. The van der Waals surface area contributed by atoms with E-state index in [0.717, 1.165) is 5.56 Å². The van der Waals surface area contributed by atoms with Crippen molar-refractivity contribution < 1.29 is 14.3 Å². The van der Waals surface area contributed by atoms with Crippen LogP contribution in [0.1, 0.15) is 19.4 Å². The number of anilines is 1. The zero-order valence-corrected chi connectivity index (χ0v) is 15.2. The van der Waals surface area contributed by atoms with Gasteiger partial charge >= 0.3 is 0 Å². The summed E-state index contributed by atoms with van der Waals surface area (Å²) >= 11 is 6.00. The molecule has 8 heteroatoms. The molecule has 0 aliphatic rings. The first-order chi connectivity index (χ1) is 10.3. The third-order valence-corrected chi connectivity index (χ3v) is 3.61. The van der Waals surface area contributed by atoms with Gasteiger partial charge in [0, 0.05) is 11.1 Å². The van der Waals surface area contributed by atoms with Crippen LogP contribution < -0.4 is 21.1 Å². The average molecular weight is 364 g/mol. The van der Waals surface area contributed by atoms with Gasteiger partial charge in [0.25, 0.3) is 0 Å². The van der Waals surface area contributed by atoms with Gasteiger partial charge in [0.05, 0.1) is 25.4 Å². The summed E-state index contributed by atoms with van der Waals surface area (Å²) in [5, 5.41) is 5.73. The minimum absolute atomic E-state index is 0. The highest BCUT2D eigenvalue weighted by Crippen LogP contribution is 2.30. The van der Waals surface area contributed by atoms with Crippen LogP contribution in [0.25, 0.3) is 0 Å². The standard InChI is InChI=1S/C15H22ClN3O3.ClH/c1-8(2)14(17)15(21)18-7-13(20)19-11-5-9(3)10(16)6-12(11)22-4;/h5-6,8,14H,7,17H2,1-4H3,(H,18,21)(H,19,20);1H/t14-;/m0./s1. The number of rotatable bonds is 6. The molecule has 0 heterocycles. The highest BCUT2D eigenvalue weighted by atomic mass is 35.5. The number of hydrogen-bond acceptors (Lipinski definition) is 4. The molecule has 0 saturated carbocycles. The zero-order chi connectivity index (χ0) is 16.9. The number of nitrogens with one attached hydrogen (secondary N) is 2. The maximum atomic E-state index is 11.9. The van der Waals surface area contributed by atoms with E-state index in [2.05, 4.69) is 10.6 Å². The highest BCUT2D eigenvalue weighted by molar-refractivity contribution is 6.31. The summed E-state index contributed by atoms with van der Waals surface area (Å²) in [6.45, 7) is 5.34. The predicted molar refractivity (Wildman–Crippen MR) is 94.4 cm³/mol. The Bertz CT molecular complexity index is 565. The van der Waals surface area contributed by atoms with Crippen LogP contribution in [0.2, 0.25) is 5.02 Å². The van der Waals surface area contributed by atoms with Crippen molar-refractivity contribution in [1.29, 1.82) is 0 Å². The quantitative estimate of drug-likeness (QED) is 0.721. The van der Waals surface area contributed by atoms with Crippen molar-refractivity contribution in [2.75, 3.05) is 19.0 Å². The second-order valence-corrected chi connectivity index (χ2v) is 5.74. The molecule has 1 aromatic carbocycles. The molecule has 2 amide bonds. The Hall–Kier alpha value is -1.50. The Balaban J connectivity index is 0.00000484. The van der Waals surface area contributed by atoms with Gasteiger partial charge in [0.1, 0.15) is 5.75 Å². The SMILES string of the molecule is COc1cc(Cl)c(C)cc1NC(=O)CNC(=O)[C@@H](N)C(C)C.Cl. The van der Waals surface area contributed by atoms with E-state index in [4.69, 9.17) is 22.1 Å². The number of nitrogens with two attached hydrogens (primary N) is 1. The van der Waals surface area contributed by atoms with Crippen molar-refractivity contribution in [1.82, 2.24) is 5.32 Å². The second-order valence-electron chi connectivity index (χ2n) is 5.34. The van der Waals surface area contributed by atoms with Gasteiger partial charge in [-0.2, -0.15) is 0 Å². The zero-order valence-electron chi connectivity index (χ0n) is 13.6. The first kappa shape index (κ1) is 21.5. The fourth-order valence-electron chi connectivity index (χ4n) is 1.71. The molecule has 23 heavy (non-hydrogen) atoms. The molecular weight excluding hydrogens is 341 g/mol. The van der Waals surface area contributed by atoms with Crippen molar-refractivity contribution in [3.05, 3.63) is 22.7 Å². The van der Waals surface area contributed by atoms with Crippen LogP contribution in [0.15, 0.2) is 12.1 Å². The minimum Gasteiger partial charge on any atom is -0.495 e. The number of benzene rings is 1. The van der Waals surface area contributed by atoms with E-state index in [0.29, 0.717) is 16.5 Å². The number of carbonyl (C=O) groups excluding carboxylic acids is 2. The predicted octanol–water partition coefficient (Wildman–Crippen LogP) is 2.12. The third kappa shape index (κ3) is 6.25. The molecule has 0 spiro atoms. The summed E-state index contributed by atoms with van der Waals surface area (Å²) in [6.07, 6.45) is 0. The monoisotopic (exact) mass is 363 g/mol. The topological polar surface area (TPSA) is 93.5 Å². The smallest absolute Gasteiger partial charge is 0.243 e.